The number of rotatable bonds is 3. The van der Waals surface area contributed by atoms with E-state index < -0.39 is 0 Å². The average molecular weight is 423 g/mol. The van der Waals surface area contributed by atoms with Gasteiger partial charge in [0.2, 0.25) is 0 Å². The molecule has 6 aromatic carbocycles. The van der Waals surface area contributed by atoms with Crippen LogP contribution in [0.15, 0.2) is 115 Å². The molecule has 6 aromatic rings. The maximum Gasteiger partial charge on any atom is 0.0363 e. The molecule has 0 atom stereocenters. The lowest BCUT2D eigenvalue weighted by molar-refractivity contribution is 0.984. The second-order valence-corrected chi connectivity index (χ2v) is 9.04. The molecule has 0 saturated heterocycles. The summed E-state index contributed by atoms with van der Waals surface area (Å²) in [4.78, 5) is 0. The fourth-order valence-electron chi connectivity index (χ4n) is 5.53. The summed E-state index contributed by atoms with van der Waals surface area (Å²) in [6, 6.07) is 42.3. The minimum Gasteiger partial charge on any atom is -0.0616 e. The number of aryl methyl sites for hydroxylation is 2. The zero-order valence-electron chi connectivity index (χ0n) is 19.0. The summed E-state index contributed by atoms with van der Waals surface area (Å²) < 4.78 is 0. The lowest BCUT2D eigenvalue weighted by Crippen LogP contribution is -2.09. The van der Waals surface area contributed by atoms with Crippen LogP contribution < -0.4 is 0 Å². The lowest BCUT2D eigenvalue weighted by Gasteiger charge is -2.27. The van der Waals surface area contributed by atoms with Gasteiger partial charge in [0, 0.05) is 5.92 Å². The highest BCUT2D eigenvalue weighted by Crippen LogP contribution is 2.44. The van der Waals surface area contributed by atoms with Crippen LogP contribution in [0.5, 0.6) is 0 Å². The van der Waals surface area contributed by atoms with Gasteiger partial charge < -0.3 is 0 Å². The number of hydrogen-bond acceptors (Lipinski definition) is 0. The van der Waals surface area contributed by atoms with Gasteiger partial charge in [0.25, 0.3) is 0 Å². The van der Waals surface area contributed by atoms with Crippen molar-refractivity contribution in [2.45, 2.75) is 19.8 Å². The smallest absolute Gasteiger partial charge is 0.0363 e. The Bertz CT molecular complexity index is 1550. The van der Waals surface area contributed by atoms with Crippen LogP contribution in [-0.4, -0.2) is 0 Å². The molecule has 33 heavy (non-hydrogen) atoms. The monoisotopic (exact) mass is 422 g/mol. The average Bonchev–Trinajstić information content (AvgIpc) is 2.86. The molecule has 0 amide bonds. The zero-order chi connectivity index (χ0) is 22.4. The summed E-state index contributed by atoms with van der Waals surface area (Å²) in [6.45, 7) is 4.53. The molecule has 0 nitrogen and oxygen atoms in total. The molecule has 0 spiro atoms. The number of benzene rings is 6. The predicted octanol–water partition coefficient (Wildman–Crippen LogP) is 8.94. The summed E-state index contributed by atoms with van der Waals surface area (Å²) in [6.07, 6.45) is 0. The fourth-order valence-corrected chi connectivity index (χ4v) is 5.53. The molecule has 6 rings (SSSR count). The topological polar surface area (TPSA) is 0 Å². The Morgan fingerprint density at radius 3 is 1.36 bits per heavy atom. The van der Waals surface area contributed by atoms with E-state index in [9.17, 15) is 0 Å². The van der Waals surface area contributed by atoms with Crippen LogP contribution in [0.1, 0.15) is 33.7 Å². The molecule has 0 fully saturated rings. The molecular weight excluding hydrogens is 396 g/mol. The Labute approximate surface area is 195 Å². The molecule has 0 aliphatic rings. The van der Waals surface area contributed by atoms with E-state index in [1.54, 1.807) is 0 Å². The summed E-state index contributed by atoms with van der Waals surface area (Å²) in [5.74, 6) is 0.133. The first-order chi connectivity index (χ1) is 16.2. The highest BCUT2D eigenvalue weighted by molar-refractivity contribution is 5.95. The molecular formula is C33H26. The van der Waals surface area contributed by atoms with Crippen molar-refractivity contribution >= 4 is 32.3 Å². The van der Waals surface area contributed by atoms with Crippen molar-refractivity contribution in [1.29, 1.82) is 0 Å². The molecule has 0 N–H and O–H groups in total. The standard InChI is InChI=1S/C33H26/c1-22-18-20-25-11-4-7-15-28(25)31(22)33(30-17-9-13-24-10-3-6-14-27(24)30)32-23(2)19-21-26-12-5-8-16-29(26)32/h3-21,33H,1-2H3. The van der Waals surface area contributed by atoms with Crippen LogP contribution in [-0.2, 0) is 0 Å². The van der Waals surface area contributed by atoms with Gasteiger partial charge in [-0.15, -0.1) is 0 Å². The summed E-state index contributed by atoms with van der Waals surface area (Å²) in [5.41, 5.74) is 6.85. The van der Waals surface area contributed by atoms with Crippen LogP contribution in [0.3, 0.4) is 0 Å². The third kappa shape index (κ3) is 3.22. The molecule has 158 valence electrons. The molecule has 0 aliphatic heterocycles. The Hall–Kier alpha value is -3.90. The SMILES string of the molecule is Cc1ccc2ccccc2c1C(c1cccc2ccccc12)c1c(C)ccc2ccccc12. The summed E-state index contributed by atoms with van der Waals surface area (Å²) >= 11 is 0. The molecule has 0 aliphatic carbocycles. The Morgan fingerprint density at radius 1 is 0.394 bits per heavy atom. The maximum absolute atomic E-state index is 2.33. The van der Waals surface area contributed by atoms with Crippen LogP contribution >= 0.6 is 0 Å². The van der Waals surface area contributed by atoms with Crippen LogP contribution in [0, 0.1) is 13.8 Å². The van der Waals surface area contributed by atoms with Crippen molar-refractivity contribution in [2.24, 2.45) is 0 Å². The highest BCUT2D eigenvalue weighted by atomic mass is 14.3. The number of fused-ring (bicyclic) bond motifs is 3. The van der Waals surface area contributed by atoms with E-state index >= 15 is 0 Å². The predicted molar refractivity (Wildman–Crippen MR) is 142 cm³/mol. The van der Waals surface area contributed by atoms with Crippen LogP contribution in [0.4, 0.5) is 0 Å². The van der Waals surface area contributed by atoms with Crippen molar-refractivity contribution in [3.8, 4) is 0 Å². The lowest BCUT2D eigenvalue weighted by atomic mass is 9.76. The quantitative estimate of drug-likeness (QED) is 0.250. The summed E-state index contributed by atoms with van der Waals surface area (Å²) in [5, 5.41) is 7.87. The van der Waals surface area contributed by atoms with Gasteiger partial charge >= 0.3 is 0 Å². The first-order valence-corrected chi connectivity index (χ1v) is 11.7. The Kier molecular flexibility index (Phi) is 4.73. The van der Waals surface area contributed by atoms with Crippen molar-refractivity contribution in [3.63, 3.8) is 0 Å². The first-order valence-electron chi connectivity index (χ1n) is 11.7. The van der Waals surface area contributed by atoms with Crippen molar-refractivity contribution in [2.75, 3.05) is 0 Å². The second kappa shape index (κ2) is 7.90. The van der Waals surface area contributed by atoms with Crippen molar-refractivity contribution in [3.05, 3.63) is 143 Å². The van der Waals surface area contributed by atoms with E-state index in [0.29, 0.717) is 0 Å². The van der Waals surface area contributed by atoms with E-state index in [0.717, 1.165) is 0 Å². The van der Waals surface area contributed by atoms with Gasteiger partial charge in [-0.3, -0.25) is 0 Å². The zero-order valence-corrected chi connectivity index (χ0v) is 19.0. The van der Waals surface area contributed by atoms with Gasteiger partial charge in [-0.25, -0.2) is 0 Å². The number of hydrogen-bond donors (Lipinski definition) is 0. The normalized spacial score (nSPS) is 11.6. The molecule has 0 radical (unpaired) electrons. The minimum absolute atomic E-state index is 0.133. The van der Waals surface area contributed by atoms with Gasteiger partial charge in [0.1, 0.15) is 0 Å². The van der Waals surface area contributed by atoms with Gasteiger partial charge in [-0.05, 0) is 74.0 Å². The van der Waals surface area contributed by atoms with E-state index in [4.69, 9.17) is 0 Å². The molecule has 0 saturated carbocycles. The summed E-state index contributed by atoms with van der Waals surface area (Å²) in [7, 11) is 0. The van der Waals surface area contributed by atoms with Crippen LogP contribution in [0.25, 0.3) is 32.3 Å². The molecule has 0 heterocycles. The minimum atomic E-state index is 0.133. The highest BCUT2D eigenvalue weighted by Gasteiger charge is 2.25. The third-order valence-electron chi connectivity index (χ3n) is 7.09. The van der Waals surface area contributed by atoms with Gasteiger partial charge in [-0.2, -0.15) is 0 Å². The van der Waals surface area contributed by atoms with E-state index in [2.05, 4.69) is 129 Å². The Balaban J connectivity index is 1.81. The van der Waals surface area contributed by atoms with Crippen molar-refractivity contribution in [1.82, 2.24) is 0 Å². The molecule has 0 bridgehead atoms. The largest absolute Gasteiger partial charge is 0.0616 e. The molecule has 0 unspecified atom stereocenters. The van der Waals surface area contributed by atoms with Crippen molar-refractivity contribution < 1.29 is 0 Å². The second-order valence-electron chi connectivity index (χ2n) is 9.04. The maximum atomic E-state index is 2.33. The molecule has 0 heteroatoms. The van der Waals surface area contributed by atoms with E-state index in [1.165, 1.54) is 60.1 Å². The van der Waals surface area contributed by atoms with Gasteiger partial charge in [0.15, 0.2) is 0 Å². The van der Waals surface area contributed by atoms with E-state index in [1.807, 2.05) is 0 Å². The molecule has 0 aromatic heterocycles. The van der Waals surface area contributed by atoms with E-state index in [-0.39, 0.29) is 5.92 Å². The Morgan fingerprint density at radius 2 is 0.818 bits per heavy atom. The van der Waals surface area contributed by atoms with Gasteiger partial charge in [0.05, 0.1) is 0 Å². The fraction of sp³-hybridized carbons (Fsp3) is 0.0909. The third-order valence-corrected chi connectivity index (χ3v) is 7.09. The first kappa shape index (κ1) is 19.8. The van der Waals surface area contributed by atoms with Crippen LogP contribution in [0.2, 0.25) is 0 Å². The van der Waals surface area contributed by atoms with Gasteiger partial charge in [-0.1, -0.05) is 115 Å².